The van der Waals surface area contributed by atoms with Crippen molar-refractivity contribution in [1.82, 2.24) is 19.4 Å². The lowest BCUT2D eigenvalue weighted by Crippen LogP contribution is -2.46. The number of hydrogen-bond donors (Lipinski definition) is 0. The summed E-state index contributed by atoms with van der Waals surface area (Å²) in [6.07, 6.45) is 6.03. The SMILES string of the molecule is CCCCN(Cc1cncn1Cc1ccc(C#N)cc1)c1ccc2sc(C(=O)N3CCN(C)CC3)cc2c1. The van der Waals surface area contributed by atoms with Crippen LogP contribution in [0, 0.1) is 11.3 Å². The van der Waals surface area contributed by atoms with Crippen LogP contribution in [0.1, 0.15) is 46.3 Å². The molecule has 196 valence electrons. The highest BCUT2D eigenvalue weighted by molar-refractivity contribution is 7.20. The molecule has 0 atom stereocenters. The van der Waals surface area contributed by atoms with Crippen molar-refractivity contribution >= 4 is 33.0 Å². The normalized spacial score (nSPS) is 14.1. The fraction of sp³-hybridized carbons (Fsp3) is 0.367. The summed E-state index contributed by atoms with van der Waals surface area (Å²) in [7, 11) is 2.10. The van der Waals surface area contributed by atoms with Crippen LogP contribution in [-0.4, -0.2) is 65.0 Å². The largest absolute Gasteiger partial charge is 0.366 e. The van der Waals surface area contributed by atoms with Crippen molar-refractivity contribution in [3.63, 3.8) is 0 Å². The molecule has 0 aliphatic carbocycles. The minimum Gasteiger partial charge on any atom is -0.366 e. The van der Waals surface area contributed by atoms with Gasteiger partial charge in [-0.05, 0) is 60.8 Å². The molecule has 1 aliphatic heterocycles. The highest BCUT2D eigenvalue weighted by atomic mass is 32.1. The van der Waals surface area contributed by atoms with Gasteiger partial charge >= 0.3 is 0 Å². The third kappa shape index (κ3) is 5.90. The number of likely N-dealkylation sites (N-methyl/N-ethyl adjacent to an activating group) is 1. The van der Waals surface area contributed by atoms with Gasteiger partial charge in [0.25, 0.3) is 5.91 Å². The molecular formula is C30H34N6OS. The van der Waals surface area contributed by atoms with Gasteiger partial charge in [0.1, 0.15) is 0 Å². The third-order valence-electron chi connectivity index (χ3n) is 7.24. The number of piperazine rings is 1. The number of aromatic nitrogens is 2. The Morgan fingerprint density at radius 1 is 1.11 bits per heavy atom. The Morgan fingerprint density at radius 3 is 2.63 bits per heavy atom. The van der Waals surface area contributed by atoms with Crippen LogP contribution in [0.4, 0.5) is 5.69 Å². The van der Waals surface area contributed by atoms with Gasteiger partial charge in [-0.1, -0.05) is 25.5 Å². The van der Waals surface area contributed by atoms with E-state index in [1.807, 2.05) is 41.7 Å². The standard InChI is InChI=1S/C30H34N6OS/c1-3-4-11-35(21-27-19-32-22-36(27)20-24-7-5-23(18-31)6-8-24)26-9-10-28-25(16-26)17-29(38-28)30(37)34-14-12-33(2)13-15-34/h5-10,16-17,19,22H,3-4,11-15,20-21H2,1-2H3. The van der Waals surface area contributed by atoms with E-state index in [2.05, 4.69) is 63.7 Å². The summed E-state index contributed by atoms with van der Waals surface area (Å²) in [6, 6.07) is 18.5. The Labute approximate surface area is 228 Å². The molecule has 0 radical (unpaired) electrons. The second-order valence-corrected chi connectivity index (χ2v) is 11.1. The number of nitrogens with zero attached hydrogens (tertiary/aromatic N) is 6. The lowest BCUT2D eigenvalue weighted by atomic mass is 10.1. The number of fused-ring (bicyclic) bond motifs is 1. The summed E-state index contributed by atoms with van der Waals surface area (Å²) >= 11 is 1.59. The number of nitriles is 1. The Bertz CT molecular complexity index is 1430. The molecule has 7 nitrogen and oxygen atoms in total. The van der Waals surface area contributed by atoms with Gasteiger partial charge in [0, 0.05) is 55.9 Å². The number of hydrogen-bond acceptors (Lipinski definition) is 6. The number of carbonyl (C=O) groups is 1. The molecule has 0 bridgehead atoms. The first-order valence-corrected chi connectivity index (χ1v) is 14.1. The van der Waals surface area contributed by atoms with Crippen LogP contribution in [0.3, 0.4) is 0 Å². The fourth-order valence-corrected chi connectivity index (χ4v) is 5.86. The lowest BCUT2D eigenvalue weighted by molar-refractivity contribution is 0.0669. The number of anilines is 1. The second kappa shape index (κ2) is 11.8. The van der Waals surface area contributed by atoms with Crippen molar-refractivity contribution in [2.75, 3.05) is 44.7 Å². The van der Waals surface area contributed by atoms with Crippen LogP contribution in [0.15, 0.2) is 61.1 Å². The Balaban J connectivity index is 1.35. The van der Waals surface area contributed by atoms with Gasteiger partial charge in [0.05, 0.1) is 35.1 Å². The van der Waals surface area contributed by atoms with Gasteiger partial charge in [0.15, 0.2) is 0 Å². The molecule has 0 saturated carbocycles. The molecule has 0 unspecified atom stereocenters. The van der Waals surface area contributed by atoms with E-state index in [-0.39, 0.29) is 5.91 Å². The molecule has 38 heavy (non-hydrogen) atoms. The smallest absolute Gasteiger partial charge is 0.264 e. The molecule has 1 aliphatic rings. The Hall–Kier alpha value is -3.67. The molecule has 2 aromatic carbocycles. The van der Waals surface area contributed by atoms with Crippen LogP contribution >= 0.6 is 11.3 Å². The first-order chi connectivity index (χ1) is 18.5. The maximum atomic E-state index is 13.2. The minimum atomic E-state index is 0.149. The van der Waals surface area contributed by atoms with E-state index in [0.717, 1.165) is 84.0 Å². The molecule has 4 aromatic rings. The highest BCUT2D eigenvalue weighted by Gasteiger charge is 2.22. The number of thiophene rings is 1. The van der Waals surface area contributed by atoms with E-state index in [0.29, 0.717) is 12.1 Å². The van der Waals surface area contributed by atoms with E-state index < -0.39 is 0 Å². The van der Waals surface area contributed by atoms with Gasteiger partial charge in [0.2, 0.25) is 0 Å². The van der Waals surface area contributed by atoms with E-state index >= 15 is 0 Å². The van der Waals surface area contributed by atoms with Gasteiger partial charge in [-0.2, -0.15) is 5.26 Å². The van der Waals surface area contributed by atoms with Gasteiger partial charge in [-0.25, -0.2) is 4.98 Å². The number of amides is 1. The van der Waals surface area contributed by atoms with Crippen molar-refractivity contribution in [2.45, 2.75) is 32.9 Å². The maximum absolute atomic E-state index is 13.2. The highest BCUT2D eigenvalue weighted by Crippen LogP contribution is 2.31. The fourth-order valence-electron chi connectivity index (χ4n) is 4.85. The third-order valence-corrected chi connectivity index (χ3v) is 8.34. The van der Waals surface area contributed by atoms with Gasteiger partial charge < -0.3 is 19.3 Å². The maximum Gasteiger partial charge on any atom is 0.264 e. The zero-order valence-electron chi connectivity index (χ0n) is 22.1. The van der Waals surface area contributed by atoms with Crippen LogP contribution in [0.5, 0.6) is 0 Å². The van der Waals surface area contributed by atoms with Crippen LogP contribution in [0.2, 0.25) is 0 Å². The van der Waals surface area contributed by atoms with Crippen LogP contribution < -0.4 is 4.90 Å². The summed E-state index contributed by atoms with van der Waals surface area (Å²) in [4.78, 5) is 25.1. The van der Waals surface area contributed by atoms with E-state index in [1.54, 1.807) is 11.3 Å². The van der Waals surface area contributed by atoms with Gasteiger partial charge in [-0.15, -0.1) is 11.3 Å². The predicted molar refractivity (Wildman–Crippen MR) is 154 cm³/mol. The lowest BCUT2D eigenvalue weighted by Gasteiger charge is -2.32. The predicted octanol–water partition coefficient (Wildman–Crippen LogP) is 5.21. The number of rotatable bonds is 9. The minimum absolute atomic E-state index is 0.149. The zero-order valence-corrected chi connectivity index (χ0v) is 23.0. The number of imidazole rings is 1. The summed E-state index contributed by atoms with van der Waals surface area (Å²) in [5.41, 5.74) is 4.11. The first-order valence-electron chi connectivity index (χ1n) is 13.3. The summed E-state index contributed by atoms with van der Waals surface area (Å²) < 4.78 is 3.32. The van der Waals surface area contributed by atoms with Crippen molar-refractivity contribution in [2.24, 2.45) is 0 Å². The van der Waals surface area contributed by atoms with Crippen molar-refractivity contribution in [1.29, 1.82) is 5.26 Å². The second-order valence-electron chi connectivity index (χ2n) is 10.0. The molecule has 1 fully saturated rings. The Morgan fingerprint density at radius 2 is 1.89 bits per heavy atom. The first kappa shape index (κ1) is 26.0. The number of carbonyl (C=O) groups excluding carboxylic acids is 1. The molecule has 3 heterocycles. The van der Waals surface area contributed by atoms with Gasteiger partial charge in [-0.3, -0.25) is 4.79 Å². The summed E-state index contributed by atoms with van der Waals surface area (Å²) in [5.74, 6) is 0.149. The topological polar surface area (TPSA) is 68.4 Å². The van der Waals surface area contributed by atoms with Crippen molar-refractivity contribution in [3.8, 4) is 6.07 Å². The number of benzene rings is 2. The molecule has 2 aromatic heterocycles. The molecular weight excluding hydrogens is 492 g/mol. The van der Waals surface area contributed by atoms with E-state index in [9.17, 15) is 4.79 Å². The Kier molecular flexibility index (Phi) is 8.06. The van der Waals surface area contributed by atoms with E-state index in [1.165, 1.54) is 0 Å². The average Bonchev–Trinajstić information content (AvgIpc) is 3.57. The average molecular weight is 527 g/mol. The quantitative estimate of drug-likeness (QED) is 0.299. The monoisotopic (exact) mass is 526 g/mol. The molecule has 0 spiro atoms. The summed E-state index contributed by atoms with van der Waals surface area (Å²) in [5, 5.41) is 10.2. The summed E-state index contributed by atoms with van der Waals surface area (Å²) in [6.45, 7) is 8.05. The van der Waals surface area contributed by atoms with Crippen molar-refractivity contribution < 1.29 is 4.79 Å². The molecule has 0 N–H and O–H groups in total. The van der Waals surface area contributed by atoms with E-state index in [4.69, 9.17) is 5.26 Å². The van der Waals surface area contributed by atoms with Crippen molar-refractivity contribution in [3.05, 3.63) is 82.8 Å². The molecule has 1 saturated heterocycles. The molecule has 1 amide bonds. The zero-order chi connectivity index (χ0) is 26.5. The molecule has 5 rings (SSSR count). The number of unbranched alkanes of at least 4 members (excludes halogenated alkanes) is 1. The van der Waals surface area contributed by atoms with Crippen LogP contribution in [0.25, 0.3) is 10.1 Å². The van der Waals surface area contributed by atoms with Crippen LogP contribution in [-0.2, 0) is 13.1 Å². The molecule has 8 heteroatoms.